The highest BCUT2D eigenvalue weighted by atomic mass is 15.1. The molecule has 2 heteroatoms. The van der Waals surface area contributed by atoms with E-state index in [0.717, 1.165) is 12.4 Å². The van der Waals surface area contributed by atoms with Gasteiger partial charge in [-0.15, -0.1) is 0 Å². The zero-order valence-electron chi connectivity index (χ0n) is 8.49. The molecule has 0 aliphatic carbocycles. The summed E-state index contributed by atoms with van der Waals surface area (Å²) in [5, 5.41) is 0. The average molecular weight is 176 g/mol. The van der Waals surface area contributed by atoms with Crippen LogP contribution in [0.15, 0.2) is 35.3 Å². The minimum atomic E-state index is 0.921. The van der Waals surface area contributed by atoms with E-state index < -0.39 is 0 Å². The fraction of sp³-hybridized carbons (Fsp3) is 0.364. The van der Waals surface area contributed by atoms with Crippen LogP contribution >= 0.6 is 0 Å². The molecule has 0 aliphatic rings. The molecule has 70 valence electrons. The second kappa shape index (κ2) is 4.65. The third-order valence-corrected chi connectivity index (χ3v) is 2.14. The van der Waals surface area contributed by atoms with Gasteiger partial charge in [0.25, 0.3) is 0 Å². The lowest BCUT2D eigenvalue weighted by Gasteiger charge is -2.18. The maximum atomic E-state index is 4.13. The van der Waals surface area contributed by atoms with Crippen LogP contribution in [0.4, 0.5) is 0 Å². The Morgan fingerprint density at radius 2 is 1.92 bits per heavy atom. The van der Waals surface area contributed by atoms with Crippen LogP contribution in [0.3, 0.4) is 0 Å². The minimum Gasteiger partial charge on any atom is -0.359 e. The van der Waals surface area contributed by atoms with Crippen LogP contribution in [-0.2, 0) is 6.54 Å². The van der Waals surface area contributed by atoms with Crippen molar-refractivity contribution in [3.05, 3.63) is 35.9 Å². The Balaban J connectivity index is 2.60. The molecule has 0 atom stereocenters. The molecule has 1 aromatic rings. The van der Waals surface area contributed by atoms with Crippen LogP contribution in [-0.4, -0.2) is 24.8 Å². The molecule has 1 rings (SSSR count). The number of hydrogen-bond donors (Lipinski definition) is 0. The van der Waals surface area contributed by atoms with Crippen molar-refractivity contribution in [1.29, 1.82) is 0 Å². The van der Waals surface area contributed by atoms with Crippen molar-refractivity contribution in [2.45, 2.75) is 13.5 Å². The normalized spacial score (nSPS) is 11.5. The van der Waals surface area contributed by atoms with E-state index in [0.29, 0.717) is 0 Å². The van der Waals surface area contributed by atoms with E-state index in [2.05, 4.69) is 41.2 Å². The fourth-order valence-electron chi connectivity index (χ4n) is 1.14. The number of benzene rings is 1. The summed E-state index contributed by atoms with van der Waals surface area (Å²) in [7, 11) is 3.87. The van der Waals surface area contributed by atoms with E-state index in [1.54, 1.807) is 0 Å². The van der Waals surface area contributed by atoms with Crippen LogP contribution in [0.5, 0.6) is 0 Å². The maximum Gasteiger partial charge on any atom is 0.0954 e. The minimum absolute atomic E-state index is 0.921. The van der Waals surface area contributed by atoms with E-state index in [1.807, 2.05) is 20.0 Å². The number of rotatable bonds is 2. The topological polar surface area (TPSA) is 15.6 Å². The van der Waals surface area contributed by atoms with E-state index in [1.165, 1.54) is 5.56 Å². The molecule has 1 aromatic carbocycles. The molecule has 0 amide bonds. The zero-order valence-corrected chi connectivity index (χ0v) is 8.49. The molecule has 0 bridgehead atoms. The van der Waals surface area contributed by atoms with Gasteiger partial charge in [0.15, 0.2) is 0 Å². The summed E-state index contributed by atoms with van der Waals surface area (Å²) >= 11 is 0. The molecule has 0 saturated carbocycles. The largest absolute Gasteiger partial charge is 0.359 e. The highest BCUT2D eigenvalue weighted by molar-refractivity contribution is 5.79. The molecule has 0 saturated heterocycles. The molecular formula is C11H16N2. The van der Waals surface area contributed by atoms with Crippen molar-refractivity contribution in [2.24, 2.45) is 4.99 Å². The Hall–Kier alpha value is -1.31. The SMILES string of the molecule is CN=C(C)N(C)Cc1ccccc1. The lowest BCUT2D eigenvalue weighted by Crippen LogP contribution is -2.23. The molecule has 0 spiro atoms. The average Bonchev–Trinajstić information content (AvgIpc) is 2.18. The first-order chi connectivity index (χ1) is 6.24. The predicted molar refractivity (Wildman–Crippen MR) is 56.9 cm³/mol. The molecule has 0 unspecified atom stereocenters. The van der Waals surface area contributed by atoms with E-state index in [4.69, 9.17) is 0 Å². The van der Waals surface area contributed by atoms with Crippen LogP contribution < -0.4 is 0 Å². The van der Waals surface area contributed by atoms with Gasteiger partial charge in [-0.1, -0.05) is 30.3 Å². The van der Waals surface area contributed by atoms with Gasteiger partial charge in [0.05, 0.1) is 5.84 Å². The Labute approximate surface area is 79.9 Å². The summed E-state index contributed by atoms with van der Waals surface area (Å²) in [5.74, 6) is 1.06. The van der Waals surface area contributed by atoms with Gasteiger partial charge in [-0.05, 0) is 12.5 Å². The van der Waals surface area contributed by atoms with Gasteiger partial charge in [0.1, 0.15) is 0 Å². The maximum absolute atomic E-state index is 4.13. The molecule has 0 heterocycles. The lowest BCUT2D eigenvalue weighted by atomic mass is 10.2. The smallest absolute Gasteiger partial charge is 0.0954 e. The summed E-state index contributed by atoms with van der Waals surface area (Å²) < 4.78 is 0. The highest BCUT2D eigenvalue weighted by Crippen LogP contribution is 2.02. The standard InChI is InChI=1S/C11H16N2/c1-10(12-2)13(3)9-11-7-5-4-6-8-11/h4-8H,9H2,1-3H3. The number of aliphatic imine (C=N–C) groups is 1. The zero-order chi connectivity index (χ0) is 9.68. The molecule has 0 aliphatic heterocycles. The van der Waals surface area contributed by atoms with Crippen LogP contribution in [0.1, 0.15) is 12.5 Å². The summed E-state index contributed by atoms with van der Waals surface area (Å²) in [5.41, 5.74) is 1.31. The highest BCUT2D eigenvalue weighted by Gasteiger charge is 1.99. The lowest BCUT2D eigenvalue weighted by molar-refractivity contribution is 0.497. The molecular weight excluding hydrogens is 160 g/mol. The van der Waals surface area contributed by atoms with Crippen molar-refractivity contribution in [2.75, 3.05) is 14.1 Å². The van der Waals surface area contributed by atoms with Crippen LogP contribution in [0.2, 0.25) is 0 Å². The van der Waals surface area contributed by atoms with Crippen molar-refractivity contribution < 1.29 is 0 Å². The van der Waals surface area contributed by atoms with Gasteiger partial charge in [-0.25, -0.2) is 0 Å². The summed E-state index contributed by atoms with van der Waals surface area (Å²) in [6, 6.07) is 10.4. The molecule has 0 N–H and O–H groups in total. The molecule has 0 radical (unpaired) electrons. The van der Waals surface area contributed by atoms with Gasteiger partial charge < -0.3 is 4.90 Å². The predicted octanol–water partition coefficient (Wildman–Crippen LogP) is 2.17. The Morgan fingerprint density at radius 3 is 2.46 bits per heavy atom. The van der Waals surface area contributed by atoms with E-state index >= 15 is 0 Å². The first-order valence-corrected chi connectivity index (χ1v) is 4.42. The Bertz CT molecular complexity index is 277. The third-order valence-electron chi connectivity index (χ3n) is 2.14. The van der Waals surface area contributed by atoms with Crippen LogP contribution in [0.25, 0.3) is 0 Å². The second-order valence-corrected chi connectivity index (χ2v) is 3.11. The molecule has 13 heavy (non-hydrogen) atoms. The quantitative estimate of drug-likeness (QED) is 0.498. The van der Waals surface area contributed by atoms with Crippen molar-refractivity contribution in [1.82, 2.24) is 4.90 Å². The molecule has 0 aromatic heterocycles. The van der Waals surface area contributed by atoms with E-state index in [-0.39, 0.29) is 0 Å². The van der Waals surface area contributed by atoms with Gasteiger partial charge in [-0.3, -0.25) is 4.99 Å². The first kappa shape index (κ1) is 9.78. The number of hydrogen-bond acceptors (Lipinski definition) is 1. The fourth-order valence-corrected chi connectivity index (χ4v) is 1.14. The third kappa shape index (κ3) is 2.90. The van der Waals surface area contributed by atoms with Gasteiger partial charge >= 0.3 is 0 Å². The van der Waals surface area contributed by atoms with Crippen molar-refractivity contribution in [3.8, 4) is 0 Å². The summed E-state index contributed by atoms with van der Waals surface area (Å²) in [6.07, 6.45) is 0. The van der Waals surface area contributed by atoms with Crippen molar-refractivity contribution in [3.63, 3.8) is 0 Å². The first-order valence-electron chi connectivity index (χ1n) is 4.42. The van der Waals surface area contributed by atoms with Crippen LogP contribution in [0, 0.1) is 0 Å². The Kier molecular flexibility index (Phi) is 3.50. The summed E-state index contributed by atoms with van der Waals surface area (Å²) in [6.45, 7) is 2.94. The number of nitrogens with zero attached hydrogens (tertiary/aromatic N) is 2. The van der Waals surface area contributed by atoms with Gasteiger partial charge in [0.2, 0.25) is 0 Å². The summed E-state index contributed by atoms with van der Waals surface area (Å²) in [4.78, 5) is 6.26. The molecule has 0 fully saturated rings. The monoisotopic (exact) mass is 176 g/mol. The van der Waals surface area contributed by atoms with Gasteiger partial charge in [0, 0.05) is 20.6 Å². The van der Waals surface area contributed by atoms with E-state index in [9.17, 15) is 0 Å². The van der Waals surface area contributed by atoms with Crippen molar-refractivity contribution >= 4 is 5.84 Å². The second-order valence-electron chi connectivity index (χ2n) is 3.11. The Morgan fingerprint density at radius 1 is 1.31 bits per heavy atom. The molecule has 2 nitrogen and oxygen atoms in total. The number of amidine groups is 1. The van der Waals surface area contributed by atoms with Gasteiger partial charge in [-0.2, -0.15) is 0 Å².